The quantitative estimate of drug-likeness (QED) is 0.523. The minimum absolute atomic E-state index is 0.0393. The van der Waals surface area contributed by atoms with Crippen LogP contribution < -0.4 is 16.6 Å². The summed E-state index contributed by atoms with van der Waals surface area (Å²) < 4.78 is 0. The van der Waals surface area contributed by atoms with Gasteiger partial charge in [0.2, 0.25) is 5.91 Å². The van der Waals surface area contributed by atoms with Gasteiger partial charge in [0.25, 0.3) is 5.56 Å². The van der Waals surface area contributed by atoms with Crippen LogP contribution in [-0.4, -0.2) is 27.2 Å². The van der Waals surface area contributed by atoms with E-state index < -0.39 is 0 Å². The minimum Gasteiger partial charge on any atom is -0.383 e. The molecule has 0 spiro atoms. The Balaban J connectivity index is 1.98. The molecule has 0 aromatic carbocycles. The Kier molecular flexibility index (Phi) is 3.37. The second kappa shape index (κ2) is 4.79. The van der Waals surface area contributed by atoms with E-state index in [1.165, 1.54) is 17.8 Å². The molecule has 1 amide bonds. The third kappa shape index (κ3) is 3.48. The van der Waals surface area contributed by atoms with Gasteiger partial charge < -0.3 is 16.0 Å². The van der Waals surface area contributed by atoms with Crippen molar-refractivity contribution in [3.05, 3.63) is 16.4 Å². The molecular formula is C10H14N4O2S. The standard InChI is InChI=1S/C10H14N4O2S/c1-5(9(16)12-6-2-3-6)17-10-13-7(11)4-8(15)14-10/h4-6H,2-3H2,1H3,(H,12,16)(H3,11,13,14,15). The SMILES string of the molecule is CC(Sc1nc(N)cc(=O)[nH]1)C(=O)NC1CC1. The van der Waals surface area contributed by atoms with Gasteiger partial charge in [-0.2, -0.15) is 0 Å². The van der Waals surface area contributed by atoms with Crippen molar-refractivity contribution in [3.63, 3.8) is 0 Å². The Labute approximate surface area is 102 Å². The molecule has 1 fully saturated rings. The van der Waals surface area contributed by atoms with Crippen LogP contribution in [0.3, 0.4) is 0 Å². The Hall–Kier alpha value is -1.50. The van der Waals surface area contributed by atoms with E-state index in [1.54, 1.807) is 6.92 Å². The molecule has 1 atom stereocenters. The Bertz CT molecular complexity index is 483. The molecular weight excluding hydrogens is 240 g/mol. The highest BCUT2D eigenvalue weighted by atomic mass is 32.2. The third-order valence-corrected chi connectivity index (χ3v) is 3.31. The molecule has 1 aliphatic carbocycles. The topological polar surface area (TPSA) is 101 Å². The van der Waals surface area contributed by atoms with Crippen molar-refractivity contribution < 1.29 is 4.79 Å². The summed E-state index contributed by atoms with van der Waals surface area (Å²) in [5.74, 6) is 0.119. The molecule has 1 heterocycles. The molecule has 1 aromatic rings. The summed E-state index contributed by atoms with van der Waals surface area (Å²) in [5.41, 5.74) is 5.15. The van der Waals surface area contributed by atoms with Crippen LogP contribution in [0.4, 0.5) is 5.82 Å². The zero-order valence-corrected chi connectivity index (χ0v) is 10.2. The number of nitrogens with one attached hydrogen (secondary N) is 2. The number of hydrogen-bond donors (Lipinski definition) is 3. The Morgan fingerprint density at radius 2 is 2.41 bits per heavy atom. The number of rotatable bonds is 4. The maximum absolute atomic E-state index is 11.7. The fourth-order valence-electron chi connectivity index (χ4n) is 1.28. The first kappa shape index (κ1) is 12.0. The second-order valence-corrected chi connectivity index (χ2v) is 5.35. The van der Waals surface area contributed by atoms with Gasteiger partial charge in [-0.25, -0.2) is 4.98 Å². The van der Waals surface area contributed by atoms with Gasteiger partial charge in [-0.15, -0.1) is 0 Å². The van der Waals surface area contributed by atoms with Gasteiger partial charge >= 0.3 is 0 Å². The zero-order valence-electron chi connectivity index (χ0n) is 9.40. The van der Waals surface area contributed by atoms with Crippen molar-refractivity contribution >= 4 is 23.5 Å². The molecule has 0 saturated heterocycles. The van der Waals surface area contributed by atoms with Crippen LogP contribution >= 0.6 is 11.8 Å². The first-order valence-electron chi connectivity index (χ1n) is 5.38. The highest BCUT2D eigenvalue weighted by Gasteiger charge is 2.26. The van der Waals surface area contributed by atoms with Gasteiger partial charge in [0.05, 0.1) is 5.25 Å². The van der Waals surface area contributed by atoms with Crippen LogP contribution in [0.2, 0.25) is 0 Å². The van der Waals surface area contributed by atoms with Crippen molar-refractivity contribution in [3.8, 4) is 0 Å². The zero-order chi connectivity index (χ0) is 12.4. The number of hydrogen-bond acceptors (Lipinski definition) is 5. The van der Waals surface area contributed by atoms with Crippen LogP contribution in [0.15, 0.2) is 16.0 Å². The van der Waals surface area contributed by atoms with E-state index in [0.29, 0.717) is 11.2 Å². The predicted molar refractivity (Wildman–Crippen MR) is 65.8 cm³/mol. The number of thioether (sulfide) groups is 1. The second-order valence-electron chi connectivity index (χ2n) is 4.02. The Morgan fingerprint density at radius 1 is 1.71 bits per heavy atom. The Morgan fingerprint density at radius 3 is 3.00 bits per heavy atom. The van der Waals surface area contributed by atoms with Crippen LogP contribution in [-0.2, 0) is 4.79 Å². The fourth-order valence-corrected chi connectivity index (χ4v) is 2.10. The maximum Gasteiger partial charge on any atom is 0.253 e. The number of aromatic nitrogens is 2. The first-order valence-corrected chi connectivity index (χ1v) is 6.26. The lowest BCUT2D eigenvalue weighted by molar-refractivity contribution is -0.120. The van der Waals surface area contributed by atoms with Gasteiger partial charge in [0, 0.05) is 12.1 Å². The summed E-state index contributed by atoms with van der Waals surface area (Å²) in [7, 11) is 0. The number of nitrogen functional groups attached to an aromatic ring is 1. The summed E-state index contributed by atoms with van der Waals surface area (Å²) >= 11 is 1.19. The van der Waals surface area contributed by atoms with Gasteiger partial charge in [-0.3, -0.25) is 9.59 Å². The van der Waals surface area contributed by atoms with E-state index in [9.17, 15) is 9.59 Å². The molecule has 1 saturated carbocycles. The average molecular weight is 254 g/mol. The van der Waals surface area contributed by atoms with Crippen molar-refractivity contribution in [2.45, 2.75) is 36.2 Å². The molecule has 2 rings (SSSR count). The molecule has 4 N–H and O–H groups in total. The first-order chi connectivity index (χ1) is 8.04. The predicted octanol–water partition coefficient (Wildman–Crippen LogP) is 0.111. The molecule has 7 heteroatoms. The van der Waals surface area contributed by atoms with E-state index >= 15 is 0 Å². The number of H-pyrrole nitrogens is 1. The van der Waals surface area contributed by atoms with Crippen molar-refractivity contribution in [2.75, 3.05) is 5.73 Å². The monoisotopic (exact) mass is 254 g/mol. The molecule has 0 bridgehead atoms. The summed E-state index contributed by atoms with van der Waals surface area (Å²) in [6.07, 6.45) is 2.10. The minimum atomic E-state index is -0.310. The van der Waals surface area contributed by atoms with E-state index in [2.05, 4.69) is 15.3 Å². The number of carbonyl (C=O) groups excluding carboxylic acids is 1. The van der Waals surface area contributed by atoms with E-state index in [-0.39, 0.29) is 22.5 Å². The molecule has 0 aliphatic heterocycles. The number of nitrogens with zero attached hydrogens (tertiary/aromatic N) is 1. The molecule has 1 aliphatic rings. The van der Waals surface area contributed by atoms with Gasteiger partial charge in [0.15, 0.2) is 5.16 Å². The van der Waals surface area contributed by atoms with Gasteiger partial charge in [-0.1, -0.05) is 11.8 Å². The van der Waals surface area contributed by atoms with Crippen molar-refractivity contribution in [2.24, 2.45) is 0 Å². The van der Waals surface area contributed by atoms with Crippen molar-refractivity contribution in [1.29, 1.82) is 0 Å². The fraction of sp³-hybridized carbons (Fsp3) is 0.500. The summed E-state index contributed by atoms with van der Waals surface area (Å²) in [4.78, 5) is 29.3. The number of amides is 1. The van der Waals surface area contributed by atoms with Crippen LogP contribution in [0.1, 0.15) is 19.8 Å². The normalized spacial score (nSPS) is 16.5. The highest BCUT2D eigenvalue weighted by molar-refractivity contribution is 8.00. The van der Waals surface area contributed by atoms with E-state index in [1.807, 2.05) is 0 Å². The number of nitrogens with two attached hydrogens (primary N) is 1. The third-order valence-electron chi connectivity index (χ3n) is 2.32. The lowest BCUT2D eigenvalue weighted by Crippen LogP contribution is -2.32. The summed E-state index contributed by atoms with van der Waals surface area (Å²) in [5, 5.41) is 2.96. The van der Waals surface area contributed by atoms with Crippen LogP contribution in [0.25, 0.3) is 0 Å². The lowest BCUT2D eigenvalue weighted by Gasteiger charge is -2.10. The van der Waals surface area contributed by atoms with Gasteiger partial charge in [-0.05, 0) is 19.8 Å². The maximum atomic E-state index is 11.7. The molecule has 1 aromatic heterocycles. The van der Waals surface area contributed by atoms with Crippen LogP contribution in [0, 0.1) is 0 Å². The lowest BCUT2D eigenvalue weighted by atomic mass is 10.4. The van der Waals surface area contributed by atoms with Crippen LogP contribution in [0.5, 0.6) is 0 Å². The van der Waals surface area contributed by atoms with Crippen molar-refractivity contribution in [1.82, 2.24) is 15.3 Å². The highest BCUT2D eigenvalue weighted by Crippen LogP contribution is 2.22. The smallest absolute Gasteiger partial charge is 0.253 e. The summed E-state index contributed by atoms with van der Waals surface area (Å²) in [6, 6.07) is 1.54. The number of aromatic amines is 1. The molecule has 1 unspecified atom stereocenters. The largest absolute Gasteiger partial charge is 0.383 e. The molecule has 6 nitrogen and oxygen atoms in total. The molecule has 92 valence electrons. The van der Waals surface area contributed by atoms with Gasteiger partial charge in [0.1, 0.15) is 5.82 Å². The number of anilines is 1. The van der Waals surface area contributed by atoms with E-state index in [0.717, 1.165) is 12.8 Å². The average Bonchev–Trinajstić information content (AvgIpc) is 2.99. The molecule has 0 radical (unpaired) electrons. The summed E-state index contributed by atoms with van der Waals surface area (Å²) in [6.45, 7) is 1.77. The molecule has 17 heavy (non-hydrogen) atoms. The number of carbonyl (C=O) groups is 1. The van der Waals surface area contributed by atoms with E-state index in [4.69, 9.17) is 5.73 Å².